The fraction of sp³-hybridized carbons (Fsp3) is 0.714. The molecule has 5 heterocycles. The molecule has 3 unspecified atom stereocenters. The Morgan fingerprint density at radius 3 is 2.76 bits per heavy atom. The van der Waals surface area contributed by atoms with Gasteiger partial charge in [0.25, 0.3) is 0 Å². The van der Waals surface area contributed by atoms with Crippen LogP contribution < -0.4 is 4.90 Å². The van der Waals surface area contributed by atoms with E-state index in [1.54, 1.807) is 0 Å². The van der Waals surface area contributed by atoms with Gasteiger partial charge in [-0.3, -0.25) is 4.48 Å². The molecule has 0 amide bonds. The van der Waals surface area contributed by atoms with Crippen molar-refractivity contribution in [2.24, 2.45) is 17.8 Å². The topological polar surface area (TPSA) is 43.7 Å². The van der Waals surface area contributed by atoms with E-state index in [1.807, 2.05) is 0 Å². The summed E-state index contributed by atoms with van der Waals surface area (Å²) in [5, 5.41) is 23.1. The number of para-hydroxylation sites is 1. The van der Waals surface area contributed by atoms with Gasteiger partial charge in [-0.25, -0.2) is 0 Å². The van der Waals surface area contributed by atoms with E-state index < -0.39 is 0 Å². The number of nitrogens with zero attached hydrogens (tertiary/aromatic N) is 2. The number of hydrogen-bond donors (Lipinski definition) is 2. The Balaban J connectivity index is 1.63. The van der Waals surface area contributed by atoms with Gasteiger partial charge >= 0.3 is 0 Å². The van der Waals surface area contributed by atoms with Gasteiger partial charge in [-0.1, -0.05) is 25.1 Å². The van der Waals surface area contributed by atoms with E-state index in [1.165, 1.54) is 11.3 Å². The third-order valence-electron chi connectivity index (χ3n) is 9.39. The van der Waals surface area contributed by atoms with E-state index in [-0.39, 0.29) is 17.7 Å². The standard InChI is InChI=1S/C21H29N2O2/c1-4-11-12-9-15-18-21(13-7-5-6-8-14(13)22(18)2)10-16(17(12)19(21)24)23(15,3)20(11)25/h5-8,11-12,15-20,24-25H,4,9-10H2,1-3H3/q+1/t11-,12+,15?,16-,17?,18-,19+,20+,21+,23?/m0/s1. The van der Waals surface area contributed by atoms with Crippen LogP contribution in [-0.4, -0.2) is 59.2 Å². The maximum absolute atomic E-state index is 11.7. The number of aliphatic hydroxyl groups excluding tert-OH is 2. The van der Waals surface area contributed by atoms with Crippen molar-refractivity contribution in [2.45, 2.75) is 62.1 Å². The molecule has 1 saturated carbocycles. The van der Waals surface area contributed by atoms with Crippen LogP contribution in [0, 0.1) is 17.8 Å². The molecular formula is C21H29N2O2+. The lowest BCUT2D eigenvalue weighted by Gasteiger charge is -2.66. The van der Waals surface area contributed by atoms with Gasteiger partial charge in [0.1, 0.15) is 6.04 Å². The molecule has 2 N–H and O–H groups in total. The summed E-state index contributed by atoms with van der Waals surface area (Å²) >= 11 is 0. The molecule has 4 nitrogen and oxygen atoms in total. The first-order chi connectivity index (χ1) is 12.0. The fourth-order valence-electron chi connectivity index (χ4n) is 8.58. The lowest BCUT2D eigenvalue weighted by Crippen LogP contribution is -2.81. The minimum atomic E-state index is -0.273. The number of likely N-dealkylation sites (N-methyl/N-ethyl adjacent to an activating group) is 2. The van der Waals surface area contributed by atoms with E-state index in [0.29, 0.717) is 35.9 Å². The van der Waals surface area contributed by atoms with Gasteiger partial charge in [0.2, 0.25) is 0 Å². The van der Waals surface area contributed by atoms with E-state index >= 15 is 0 Å². The molecule has 1 aromatic rings. The first-order valence-electron chi connectivity index (χ1n) is 10.0. The van der Waals surface area contributed by atoms with Gasteiger partial charge in [-0.15, -0.1) is 0 Å². The van der Waals surface area contributed by atoms with Crippen LogP contribution in [0.2, 0.25) is 0 Å². The SMILES string of the molecule is CC[C@@H]1[C@@H](O)[N+]2(C)C3C[C@H]1C1[C@@H](O)[C@]4(C[C@@H]12)c1ccccc1N(C)[C@@H]34. The minimum absolute atomic E-state index is 0.125. The largest absolute Gasteiger partial charge is 0.392 e. The highest BCUT2D eigenvalue weighted by molar-refractivity contribution is 5.66. The molecule has 6 aliphatic rings. The summed E-state index contributed by atoms with van der Waals surface area (Å²) < 4.78 is 0.779. The molecule has 134 valence electrons. The van der Waals surface area contributed by atoms with Crippen LogP contribution in [0.15, 0.2) is 24.3 Å². The molecule has 0 radical (unpaired) electrons. The minimum Gasteiger partial charge on any atom is -0.392 e. The molecule has 0 aromatic heterocycles. The molecule has 1 spiro atoms. The van der Waals surface area contributed by atoms with Crippen LogP contribution in [0.1, 0.15) is 31.7 Å². The average molecular weight is 341 g/mol. The summed E-state index contributed by atoms with van der Waals surface area (Å²) in [6.07, 6.45) is 2.67. The molecule has 25 heavy (non-hydrogen) atoms. The van der Waals surface area contributed by atoms with E-state index in [9.17, 15) is 10.2 Å². The third-order valence-corrected chi connectivity index (χ3v) is 9.39. The highest BCUT2D eigenvalue weighted by Gasteiger charge is 2.82. The summed E-state index contributed by atoms with van der Waals surface area (Å²) in [6.45, 7) is 2.21. The van der Waals surface area contributed by atoms with E-state index in [4.69, 9.17) is 0 Å². The number of benzene rings is 1. The molecule has 5 fully saturated rings. The van der Waals surface area contributed by atoms with Crippen LogP contribution in [0.5, 0.6) is 0 Å². The van der Waals surface area contributed by atoms with Crippen LogP contribution in [0.25, 0.3) is 0 Å². The Morgan fingerprint density at radius 2 is 2.00 bits per heavy atom. The number of aliphatic hydroxyl groups is 2. The first kappa shape index (κ1) is 15.0. The van der Waals surface area contributed by atoms with Gasteiger partial charge < -0.3 is 15.1 Å². The normalized spacial score (nSPS) is 57.1. The molecule has 1 aromatic carbocycles. The summed E-state index contributed by atoms with van der Waals surface area (Å²) in [7, 11) is 4.51. The Labute approximate surface area is 149 Å². The summed E-state index contributed by atoms with van der Waals surface area (Å²) in [6, 6.07) is 9.87. The fourth-order valence-corrected chi connectivity index (χ4v) is 8.58. The molecule has 5 aliphatic heterocycles. The van der Waals surface area contributed by atoms with Crippen LogP contribution >= 0.6 is 0 Å². The molecular weight excluding hydrogens is 312 g/mol. The predicted molar refractivity (Wildman–Crippen MR) is 96.1 cm³/mol. The quantitative estimate of drug-likeness (QED) is 0.764. The second-order valence-electron chi connectivity index (χ2n) is 9.58. The number of piperidine rings is 4. The zero-order valence-corrected chi connectivity index (χ0v) is 15.3. The van der Waals surface area contributed by atoms with Crippen molar-refractivity contribution in [3.05, 3.63) is 29.8 Å². The molecule has 10 atom stereocenters. The molecule has 4 heteroatoms. The maximum atomic E-state index is 11.7. The van der Waals surface area contributed by atoms with Crippen LogP contribution in [0.4, 0.5) is 5.69 Å². The Kier molecular flexibility index (Phi) is 2.54. The Hall–Kier alpha value is -1.10. The molecule has 7 rings (SSSR count). The van der Waals surface area contributed by atoms with E-state index in [0.717, 1.165) is 23.7 Å². The molecule has 5 bridgehead atoms. The van der Waals surface area contributed by atoms with Crippen molar-refractivity contribution in [1.82, 2.24) is 0 Å². The second kappa shape index (κ2) is 4.24. The van der Waals surface area contributed by atoms with Crippen LogP contribution in [-0.2, 0) is 5.41 Å². The summed E-state index contributed by atoms with van der Waals surface area (Å²) in [4.78, 5) is 2.44. The zero-order valence-electron chi connectivity index (χ0n) is 15.3. The summed E-state index contributed by atoms with van der Waals surface area (Å²) in [5.74, 6) is 1.17. The monoisotopic (exact) mass is 341 g/mol. The number of anilines is 1. The lowest BCUT2D eigenvalue weighted by molar-refractivity contribution is -1.02. The third kappa shape index (κ3) is 1.27. The number of hydrogen-bond acceptors (Lipinski definition) is 3. The van der Waals surface area contributed by atoms with Crippen molar-refractivity contribution in [3.8, 4) is 0 Å². The number of quaternary nitrogens is 1. The average Bonchev–Trinajstić information content (AvgIpc) is 2.99. The molecule has 1 aliphatic carbocycles. The van der Waals surface area contributed by atoms with E-state index in [2.05, 4.69) is 50.2 Å². The zero-order chi connectivity index (χ0) is 17.3. The second-order valence-corrected chi connectivity index (χ2v) is 9.58. The van der Waals surface area contributed by atoms with Gasteiger partial charge in [-0.2, -0.15) is 0 Å². The molecule has 4 saturated heterocycles. The van der Waals surface area contributed by atoms with Gasteiger partial charge in [0, 0.05) is 37.4 Å². The highest BCUT2D eigenvalue weighted by atomic mass is 16.3. The lowest BCUT2D eigenvalue weighted by atomic mass is 9.61. The number of rotatable bonds is 1. The van der Waals surface area contributed by atoms with Gasteiger partial charge in [0.05, 0.1) is 30.7 Å². The van der Waals surface area contributed by atoms with Crippen molar-refractivity contribution in [3.63, 3.8) is 0 Å². The smallest absolute Gasteiger partial charge is 0.193 e. The van der Waals surface area contributed by atoms with Crippen molar-refractivity contribution < 1.29 is 14.7 Å². The van der Waals surface area contributed by atoms with Gasteiger partial charge in [0.15, 0.2) is 6.23 Å². The van der Waals surface area contributed by atoms with Crippen molar-refractivity contribution >= 4 is 5.69 Å². The Bertz CT molecular complexity index is 768. The number of fused-ring (bicyclic) bond motifs is 2. The van der Waals surface area contributed by atoms with Gasteiger partial charge in [-0.05, 0) is 24.0 Å². The van der Waals surface area contributed by atoms with Crippen molar-refractivity contribution in [1.29, 1.82) is 0 Å². The maximum Gasteiger partial charge on any atom is 0.193 e. The van der Waals surface area contributed by atoms with Crippen LogP contribution in [0.3, 0.4) is 0 Å². The first-order valence-corrected chi connectivity index (χ1v) is 10.0. The van der Waals surface area contributed by atoms with Crippen molar-refractivity contribution in [2.75, 3.05) is 19.0 Å². The predicted octanol–water partition coefficient (Wildman–Crippen LogP) is 1.70. The Morgan fingerprint density at radius 1 is 1.24 bits per heavy atom. The summed E-state index contributed by atoms with van der Waals surface area (Å²) in [5.41, 5.74) is 2.54. The highest BCUT2D eigenvalue weighted by Crippen LogP contribution is 2.70.